The lowest BCUT2D eigenvalue weighted by Crippen LogP contribution is -2.42. The number of allylic oxidation sites excluding steroid dienone is 2. The number of fused-ring (bicyclic) bond motifs is 2. The van der Waals surface area contributed by atoms with E-state index < -0.39 is 11.6 Å². The number of aliphatic hydroxyl groups is 1. The number of carboxylic acids is 1. The molecule has 3 N–H and O–H groups in total. The molecular formula is C34H33ClN2O4. The summed E-state index contributed by atoms with van der Waals surface area (Å²) in [7, 11) is 0. The van der Waals surface area contributed by atoms with E-state index in [-0.39, 0.29) is 11.6 Å². The molecule has 0 radical (unpaired) electrons. The van der Waals surface area contributed by atoms with Gasteiger partial charge in [0.1, 0.15) is 12.4 Å². The van der Waals surface area contributed by atoms with Crippen LogP contribution in [0.15, 0.2) is 96.7 Å². The molecule has 3 aliphatic rings. The Morgan fingerprint density at radius 1 is 1.07 bits per heavy atom. The van der Waals surface area contributed by atoms with E-state index in [0.29, 0.717) is 30.0 Å². The van der Waals surface area contributed by atoms with E-state index in [4.69, 9.17) is 16.3 Å². The van der Waals surface area contributed by atoms with Crippen molar-refractivity contribution in [1.82, 2.24) is 10.2 Å². The second-order valence-electron chi connectivity index (χ2n) is 10.9. The van der Waals surface area contributed by atoms with E-state index in [9.17, 15) is 15.0 Å². The van der Waals surface area contributed by atoms with Gasteiger partial charge in [-0.2, -0.15) is 0 Å². The Labute approximate surface area is 245 Å². The zero-order chi connectivity index (χ0) is 28.4. The SMILES string of the molecule is O=C(O)c1ccccc1-c1ccc2c(c1)/C(=C/CCN1CCC(O)(c3ccc(Cl)cc3)CC1)C1=CC=CNC1CO2. The van der Waals surface area contributed by atoms with Gasteiger partial charge in [0, 0.05) is 30.2 Å². The third-order valence-electron chi connectivity index (χ3n) is 8.36. The Morgan fingerprint density at radius 3 is 2.63 bits per heavy atom. The largest absolute Gasteiger partial charge is 0.490 e. The predicted molar refractivity (Wildman–Crippen MR) is 162 cm³/mol. The van der Waals surface area contributed by atoms with E-state index in [2.05, 4.69) is 28.4 Å². The molecule has 0 saturated carbocycles. The summed E-state index contributed by atoms with van der Waals surface area (Å²) in [6, 6.07) is 20.6. The van der Waals surface area contributed by atoms with E-state index in [1.807, 2.05) is 60.8 Å². The first-order chi connectivity index (χ1) is 19.9. The summed E-state index contributed by atoms with van der Waals surface area (Å²) in [5.74, 6) is -0.160. The number of hydrogen-bond donors (Lipinski definition) is 3. The van der Waals surface area contributed by atoms with E-state index in [1.54, 1.807) is 12.1 Å². The molecule has 1 saturated heterocycles. The zero-order valence-corrected chi connectivity index (χ0v) is 23.5. The van der Waals surface area contributed by atoms with Gasteiger partial charge in [-0.05, 0) is 89.7 Å². The molecule has 0 amide bonds. The molecule has 0 bridgehead atoms. The van der Waals surface area contributed by atoms with Crippen LogP contribution < -0.4 is 10.1 Å². The van der Waals surface area contributed by atoms with Gasteiger partial charge in [0.05, 0.1) is 17.2 Å². The van der Waals surface area contributed by atoms with Crippen molar-refractivity contribution in [3.63, 3.8) is 0 Å². The number of carbonyl (C=O) groups is 1. The van der Waals surface area contributed by atoms with Gasteiger partial charge in [0.15, 0.2) is 0 Å². The number of nitrogens with one attached hydrogen (secondary N) is 1. The first kappa shape index (κ1) is 27.3. The van der Waals surface area contributed by atoms with Crippen LogP contribution in [0.5, 0.6) is 5.75 Å². The van der Waals surface area contributed by atoms with Crippen molar-refractivity contribution in [2.24, 2.45) is 0 Å². The summed E-state index contributed by atoms with van der Waals surface area (Å²) < 4.78 is 6.24. The molecule has 3 aromatic carbocycles. The quantitative estimate of drug-likeness (QED) is 0.325. The number of piperidine rings is 1. The maximum atomic E-state index is 11.9. The fourth-order valence-corrected chi connectivity index (χ4v) is 6.17. The maximum Gasteiger partial charge on any atom is 0.336 e. The molecule has 3 aromatic rings. The number of benzene rings is 3. The van der Waals surface area contributed by atoms with Crippen molar-refractivity contribution < 1.29 is 19.7 Å². The summed E-state index contributed by atoms with van der Waals surface area (Å²) in [6.45, 7) is 3.00. The lowest BCUT2D eigenvalue weighted by Gasteiger charge is -2.38. The minimum absolute atomic E-state index is 0.0257. The van der Waals surface area contributed by atoms with Gasteiger partial charge >= 0.3 is 5.97 Å². The topological polar surface area (TPSA) is 82.0 Å². The van der Waals surface area contributed by atoms with E-state index in [0.717, 1.165) is 59.6 Å². The molecule has 210 valence electrons. The lowest BCUT2D eigenvalue weighted by atomic mass is 9.84. The fourth-order valence-electron chi connectivity index (χ4n) is 6.04. The second kappa shape index (κ2) is 11.6. The van der Waals surface area contributed by atoms with Crippen LogP contribution in [-0.2, 0) is 5.60 Å². The third-order valence-corrected chi connectivity index (χ3v) is 8.61. The predicted octanol–water partition coefficient (Wildman–Crippen LogP) is 6.27. The summed E-state index contributed by atoms with van der Waals surface area (Å²) >= 11 is 6.05. The van der Waals surface area contributed by atoms with Crippen molar-refractivity contribution >= 4 is 23.1 Å². The number of carboxylic acid groups (broad SMARTS) is 1. The van der Waals surface area contributed by atoms with E-state index >= 15 is 0 Å². The number of dihydropyridines is 1. The molecule has 6 nitrogen and oxygen atoms in total. The highest BCUT2D eigenvalue weighted by Crippen LogP contribution is 2.40. The lowest BCUT2D eigenvalue weighted by molar-refractivity contribution is -0.0254. The van der Waals surface area contributed by atoms with Crippen LogP contribution in [0.1, 0.15) is 40.7 Å². The van der Waals surface area contributed by atoms with Gasteiger partial charge in [-0.15, -0.1) is 0 Å². The minimum Gasteiger partial charge on any atom is -0.490 e. The molecular weight excluding hydrogens is 536 g/mol. The zero-order valence-electron chi connectivity index (χ0n) is 22.7. The minimum atomic E-state index is -0.948. The number of likely N-dealkylation sites (tertiary alicyclic amines) is 1. The van der Waals surface area contributed by atoms with Crippen molar-refractivity contribution in [1.29, 1.82) is 0 Å². The number of rotatable bonds is 6. The van der Waals surface area contributed by atoms with Crippen LogP contribution >= 0.6 is 11.6 Å². The van der Waals surface area contributed by atoms with Crippen LogP contribution in [0, 0.1) is 0 Å². The summed E-state index contributed by atoms with van der Waals surface area (Å²) in [5.41, 5.74) is 5.12. The number of nitrogens with zero attached hydrogens (tertiary/aromatic N) is 1. The first-order valence-corrected chi connectivity index (χ1v) is 14.4. The fraction of sp³-hybridized carbons (Fsp3) is 0.265. The van der Waals surface area contributed by atoms with Crippen LogP contribution in [0.2, 0.25) is 5.02 Å². The van der Waals surface area contributed by atoms with E-state index in [1.165, 1.54) is 0 Å². The standard InChI is InChI=1S/C34H33ClN2O4/c35-25-12-10-24(11-13-25)34(40)15-19-37(20-16-34)18-4-8-27-28-7-3-17-36-31(28)22-41-32-14-9-23(21-30(27)32)26-5-1-2-6-29(26)33(38)39/h1-3,5-14,17,21,31,36,40H,4,15-16,18-20,22H2,(H,38,39)/b27-8+. The summed E-state index contributed by atoms with van der Waals surface area (Å²) in [5, 5.41) is 25.1. The maximum absolute atomic E-state index is 11.9. The van der Waals surface area contributed by atoms with Crippen LogP contribution in [-0.4, -0.2) is 53.4 Å². The van der Waals surface area contributed by atoms with Crippen molar-refractivity contribution in [3.8, 4) is 16.9 Å². The number of aromatic carboxylic acids is 1. The monoisotopic (exact) mass is 568 g/mol. The number of hydrogen-bond acceptors (Lipinski definition) is 5. The highest BCUT2D eigenvalue weighted by Gasteiger charge is 2.34. The Morgan fingerprint density at radius 2 is 1.85 bits per heavy atom. The molecule has 3 heterocycles. The van der Waals surface area contributed by atoms with Crippen LogP contribution in [0.3, 0.4) is 0 Å². The molecule has 0 aliphatic carbocycles. The van der Waals surface area contributed by atoms with Crippen molar-refractivity contribution in [2.75, 3.05) is 26.2 Å². The molecule has 7 heteroatoms. The van der Waals surface area contributed by atoms with Gasteiger partial charge in [-0.1, -0.05) is 60.2 Å². The highest BCUT2D eigenvalue weighted by molar-refractivity contribution is 6.30. The summed E-state index contributed by atoms with van der Waals surface area (Å²) in [6.07, 6.45) is 10.5. The van der Waals surface area contributed by atoms with Gasteiger partial charge in [-0.3, -0.25) is 0 Å². The molecule has 1 unspecified atom stereocenters. The van der Waals surface area contributed by atoms with Gasteiger partial charge in [0.25, 0.3) is 0 Å². The van der Waals surface area contributed by atoms with Crippen molar-refractivity contribution in [2.45, 2.75) is 30.9 Å². The van der Waals surface area contributed by atoms with Gasteiger partial charge in [-0.25, -0.2) is 4.79 Å². The Hall–Kier alpha value is -3.84. The Kier molecular flexibility index (Phi) is 7.71. The highest BCUT2D eigenvalue weighted by atomic mass is 35.5. The molecule has 0 aromatic heterocycles. The average Bonchev–Trinajstić information content (AvgIpc) is 3.15. The third kappa shape index (κ3) is 5.68. The Bertz CT molecular complexity index is 1530. The molecule has 1 atom stereocenters. The summed E-state index contributed by atoms with van der Waals surface area (Å²) in [4.78, 5) is 14.3. The van der Waals surface area contributed by atoms with Gasteiger partial charge in [0.2, 0.25) is 0 Å². The van der Waals surface area contributed by atoms with Crippen LogP contribution in [0.25, 0.3) is 16.7 Å². The number of ether oxygens (including phenoxy) is 1. The normalized spacial score (nSPS) is 20.7. The van der Waals surface area contributed by atoms with Gasteiger partial charge < -0.3 is 25.2 Å². The molecule has 41 heavy (non-hydrogen) atoms. The van der Waals surface area contributed by atoms with Crippen molar-refractivity contribution in [3.05, 3.63) is 118 Å². The average molecular weight is 569 g/mol. The smallest absolute Gasteiger partial charge is 0.336 e. The molecule has 1 fully saturated rings. The number of halogens is 1. The second-order valence-corrected chi connectivity index (χ2v) is 11.3. The van der Waals surface area contributed by atoms with Crippen LogP contribution in [0.4, 0.5) is 0 Å². The molecule has 3 aliphatic heterocycles. The Balaban J connectivity index is 1.25. The molecule has 6 rings (SSSR count). The molecule has 0 spiro atoms. The first-order valence-electron chi connectivity index (χ1n) is 14.1.